The molecule has 1 fully saturated rings. The van der Waals surface area contributed by atoms with E-state index in [0.29, 0.717) is 19.6 Å². The molecule has 2 atom stereocenters. The molecule has 0 radical (unpaired) electrons. The van der Waals surface area contributed by atoms with Crippen LogP contribution in [0.4, 0.5) is 4.79 Å². The van der Waals surface area contributed by atoms with Gasteiger partial charge in [0.05, 0.1) is 6.61 Å². The predicted molar refractivity (Wildman–Crippen MR) is 63.6 cm³/mol. The van der Waals surface area contributed by atoms with E-state index in [0.717, 1.165) is 0 Å². The number of rotatable bonds is 2. The summed E-state index contributed by atoms with van der Waals surface area (Å²) in [5, 5.41) is 2.80. The summed E-state index contributed by atoms with van der Waals surface area (Å²) in [6, 6.07) is -0.322. The minimum absolute atomic E-state index is 0.322. The van der Waals surface area contributed by atoms with E-state index in [9.17, 15) is 4.79 Å². The van der Waals surface area contributed by atoms with Gasteiger partial charge in [-0.15, -0.1) is 0 Å². The maximum Gasteiger partial charge on any atom is 0.408 e. The predicted octanol–water partition coefficient (Wildman–Crippen LogP) is 1.98. The zero-order valence-electron chi connectivity index (χ0n) is 10.9. The molecule has 1 amide bonds. The van der Waals surface area contributed by atoms with Gasteiger partial charge in [0.15, 0.2) is 0 Å². The fourth-order valence-electron chi connectivity index (χ4n) is 1.74. The third-order valence-corrected chi connectivity index (χ3v) is 2.80. The van der Waals surface area contributed by atoms with Crippen LogP contribution in [0.5, 0.6) is 0 Å². The summed E-state index contributed by atoms with van der Waals surface area (Å²) in [5.41, 5.74) is -1.14. The maximum absolute atomic E-state index is 11.7. The third kappa shape index (κ3) is 3.60. The molecule has 0 spiro atoms. The summed E-state index contributed by atoms with van der Waals surface area (Å²) in [6.45, 7) is 15.3. The molecule has 2 unspecified atom stereocenters. The molecule has 1 heterocycles. The van der Waals surface area contributed by atoms with E-state index in [1.54, 1.807) is 6.92 Å². The molecule has 0 aromatic rings. The number of alkyl carbamates (subject to hydrolysis) is 1. The molecule has 1 aliphatic rings. The first-order chi connectivity index (χ1) is 7.79. The van der Waals surface area contributed by atoms with Crippen molar-refractivity contribution in [1.82, 2.24) is 5.32 Å². The Morgan fingerprint density at radius 3 is 2.65 bits per heavy atom. The SMILES string of the molecule is [C-]#[N+]C(C)C1(NC(=O)OC(C)(C)C)CCOC1. The molecule has 0 aromatic heterocycles. The average molecular weight is 240 g/mol. The maximum atomic E-state index is 11.7. The van der Waals surface area contributed by atoms with Crippen molar-refractivity contribution in [2.75, 3.05) is 13.2 Å². The van der Waals surface area contributed by atoms with Crippen LogP contribution >= 0.6 is 0 Å². The molecule has 1 saturated heterocycles. The summed E-state index contributed by atoms with van der Waals surface area (Å²) in [4.78, 5) is 15.2. The van der Waals surface area contributed by atoms with Crippen molar-refractivity contribution in [3.05, 3.63) is 11.4 Å². The summed E-state index contributed by atoms with van der Waals surface area (Å²) >= 11 is 0. The number of nitrogens with zero attached hydrogens (tertiary/aromatic N) is 1. The first kappa shape index (κ1) is 13.8. The van der Waals surface area contributed by atoms with Crippen molar-refractivity contribution in [2.45, 2.75) is 51.3 Å². The Bertz CT molecular complexity index is 322. The van der Waals surface area contributed by atoms with Gasteiger partial charge in [-0.25, -0.2) is 11.4 Å². The summed E-state index contributed by atoms with van der Waals surface area (Å²) in [7, 11) is 0. The lowest BCUT2D eigenvalue weighted by Crippen LogP contribution is -2.56. The first-order valence-electron chi connectivity index (χ1n) is 5.74. The van der Waals surface area contributed by atoms with Gasteiger partial charge in [-0.2, -0.15) is 0 Å². The molecule has 0 aromatic carbocycles. The van der Waals surface area contributed by atoms with Crippen molar-refractivity contribution in [3.63, 3.8) is 0 Å². The van der Waals surface area contributed by atoms with E-state index < -0.39 is 17.2 Å². The molecule has 1 aliphatic heterocycles. The van der Waals surface area contributed by atoms with E-state index in [1.807, 2.05) is 20.8 Å². The summed E-state index contributed by atoms with van der Waals surface area (Å²) in [6.07, 6.45) is 0.161. The smallest absolute Gasteiger partial charge is 0.408 e. The van der Waals surface area contributed by atoms with Crippen molar-refractivity contribution in [2.24, 2.45) is 0 Å². The Morgan fingerprint density at radius 2 is 2.24 bits per heavy atom. The van der Waals surface area contributed by atoms with E-state index in [4.69, 9.17) is 16.0 Å². The Labute approximate surface area is 102 Å². The topological polar surface area (TPSA) is 51.9 Å². The minimum Gasteiger partial charge on any atom is -0.444 e. The van der Waals surface area contributed by atoms with Crippen LogP contribution in [0.2, 0.25) is 0 Å². The minimum atomic E-state index is -0.607. The van der Waals surface area contributed by atoms with Crippen LogP contribution in [0.1, 0.15) is 34.1 Å². The van der Waals surface area contributed by atoms with E-state index in [-0.39, 0.29) is 6.04 Å². The number of hydrogen-bond acceptors (Lipinski definition) is 3. The van der Waals surface area contributed by atoms with Crippen molar-refractivity contribution in [3.8, 4) is 0 Å². The Hall–Kier alpha value is -1.28. The highest BCUT2D eigenvalue weighted by molar-refractivity contribution is 5.69. The van der Waals surface area contributed by atoms with Crippen LogP contribution < -0.4 is 5.32 Å². The average Bonchev–Trinajstić information content (AvgIpc) is 2.63. The van der Waals surface area contributed by atoms with Crippen LogP contribution in [-0.2, 0) is 9.47 Å². The lowest BCUT2D eigenvalue weighted by Gasteiger charge is -2.29. The molecule has 0 saturated carbocycles. The lowest BCUT2D eigenvalue weighted by atomic mass is 9.91. The number of hydrogen-bond donors (Lipinski definition) is 1. The lowest BCUT2D eigenvalue weighted by molar-refractivity contribution is 0.0432. The molecule has 5 heteroatoms. The molecule has 17 heavy (non-hydrogen) atoms. The highest BCUT2D eigenvalue weighted by Gasteiger charge is 2.46. The number of ether oxygens (including phenoxy) is 2. The quantitative estimate of drug-likeness (QED) is 0.751. The van der Waals surface area contributed by atoms with Crippen molar-refractivity contribution >= 4 is 6.09 Å². The first-order valence-corrected chi connectivity index (χ1v) is 5.74. The van der Waals surface area contributed by atoms with E-state index >= 15 is 0 Å². The highest BCUT2D eigenvalue weighted by atomic mass is 16.6. The van der Waals surface area contributed by atoms with Gasteiger partial charge in [0.2, 0.25) is 6.04 Å². The molecule has 0 aliphatic carbocycles. The second kappa shape index (κ2) is 4.92. The van der Waals surface area contributed by atoms with Crippen LogP contribution in [0.25, 0.3) is 4.85 Å². The molecule has 96 valence electrons. The molecular weight excluding hydrogens is 220 g/mol. The monoisotopic (exact) mass is 240 g/mol. The number of amides is 1. The molecule has 1 rings (SSSR count). The zero-order chi connectivity index (χ0) is 13.1. The van der Waals surface area contributed by atoms with Gasteiger partial charge in [-0.1, -0.05) is 0 Å². The Morgan fingerprint density at radius 1 is 1.59 bits per heavy atom. The largest absolute Gasteiger partial charge is 0.444 e. The standard InChI is InChI=1S/C12H20N2O3/c1-9(13-5)12(6-7-16-8-12)14-10(15)17-11(2,3)4/h9H,6-8H2,1-4H3,(H,14,15). The van der Waals surface area contributed by atoms with Gasteiger partial charge < -0.3 is 19.6 Å². The van der Waals surface area contributed by atoms with Crippen LogP contribution in [0.15, 0.2) is 0 Å². The Kier molecular flexibility index (Phi) is 3.99. The molecule has 0 bridgehead atoms. The van der Waals surface area contributed by atoms with Crippen LogP contribution in [0, 0.1) is 6.57 Å². The molecule has 1 N–H and O–H groups in total. The number of nitrogens with one attached hydrogen (secondary N) is 1. The highest BCUT2D eigenvalue weighted by Crippen LogP contribution is 2.25. The van der Waals surface area contributed by atoms with Crippen LogP contribution in [-0.4, -0.2) is 36.5 Å². The fourth-order valence-corrected chi connectivity index (χ4v) is 1.74. The van der Waals surface area contributed by atoms with Gasteiger partial charge in [-0.05, 0) is 20.8 Å². The molecule has 5 nitrogen and oxygen atoms in total. The Balaban J connectivity index is 2.69. The van der Waals surface area contributed by atoms with E-state index in [2.05, 4.69) is 10.2 Å². The zero-order valence-corrected chi connectivity index (χ0v) is 10.9. The summed E-state index contributed by atoms with van der Waals surface area (Å²) < 4.78 is 10.5. The third-order valence-electron chi connectivity index (χ3n) is 2.80. The van der Waals surface area contributed by atoms with Gasteiger partial charge in [0.1, 0.15) is 11.1 Å². The van der Waals surface area contributed by atoms with Crippen molar-refractivity contribution < 1.29 is 14.3 Å². The van der Waals surface area contributed by atoms with Gasteiger partial charge in [0, 0.05) is 20.0 Å². The van der Waals surface area contributed by atoms with Gasteiger partial charge >= 0.3 is 6.09 Å². The van der Waals surface area contributed by atoms with Crippen molar-refractivity contribution in [1.29, 1.82) is 0 Å². The summed E-state index contributed by atoms with van der Waals surface area (Å²) in [5.74, 6) is 0. The second-order valence-corrected chi connectivity index (χ2v) is 5.39. The van der Waals surface area contributed by atoms with Gasteiger partial charge in [0.25, 0.3) is 0 Å². The van der Waals surface area contributed by atoms with E-state index in [1.165, 1.54) is 0 Å². The normalized spacial score (nSPS) is 26.1. The second-order valence-electron chi connectivity index (χ2n) is 5.39. The van der Waals surface area contributed by atoms with Gasteiger partial charge in [-0.3, -0.25) is 0 Å². The number of carbonyl (C=O) groups is 1. The van der Waals surface area contributed by atoms with Crippen LogP contribution in [0.3, 0.4) is 0 Å². The fraction of sp³-hybridized carbons (Fsp3) is 0.833. The number of carbonyl (C=O) groups excluding carboxylic acids is 1. The molecular formula is C12H20N2O3.